The molecule has 0 spiro atoms. The van der Waals surface area contributed by atoms with Crippen LogP contribution in [0.25, 0.3) is 0 Å². The van der Waals surface area contributed by atoms with Crippen LogP contribution in [0.5, 0.6) is 0 Å². The van der Waals surface area contributed by atoms with Crippen LogP contribution in [0, 0.1) is 0 Å². The molecule has 0 saturated carbocycles. The van der Waals surface area contributed by atoms with Crippen LogP contribution in [0.2, 0.25) is 0 Å². The zero-order valence-corrected chi connectivity index (χ0v) is 10.6. The first-order valence-electron chi connectivity index (χ1n) is 1.58. The molecule has 0 aromatic carbocycles. The van der Waals surface area contributed by atoms with E-state index in [9.17, 15) is 0 Å². The second-order valence-electron chi connectivity index (χ2n) is 0.762. The van der Waals surface area contributed by atoms with Crippen LogP contribution in [-0.2, 0) is 25.3 Å². The maximum Gasteiger partial charge on any atom is 1.00 e. The first-order valence-corrected chi connectivity index (χ1v) is 2.73. The summed E-state index contributed by atoms with van der Waals surface area (Å²) in [6, 6.07) is 0. The summed E-state index contributed by atoms with van der Waals surface area (Å²) in [5.41, 5.74) is 0. The minimum atomic E-state index is 0. The minimum Gasteiger partial charge on any atom is -0.793 e. The molecule has 0 aromatic heterocycles. The molecule has 0 bridgehead atoms. The van der Waals surface area contributed by atoms with Gasteiger partial charge in [0, 0.05) is 0 Å². The molecule has 0 N–H and O–H groups in total. The number of hydrogen-bond donors (Lipinski definition) is 0. The largest absolute Gasteiger partial charge is 1.00 e. The minimum absolute atomic E-state index is 0. The Morgan fingerprint density at radius 3 is 1.14 bits per heavy atom. The summed E-state index contributed by atoms with van der Waals surface area (Å²) < 4.78 is 0. The molecule has 0 fully saturated rings. The van der Waals surface area contributed by atoms with Crippen LogP contribution in [0.15, 0.2) is 0 Å². The van der Waals surface area contributed by atoms with Gasteiger partial charge in [-0.1, -0.05) is 6.42 Å². The Balaban J connectivity index is -0.0000000800. The van der Waals surface area contributed by atoms with Crippen molar-refractivity contribution < 1.29 is 59.1 Å². The summed E-state index contributed by atoms with van der Waals surface area (Å²) in [6.45, 7) is 0. The smallest absolute Gasteiger partial charge is 0.793 e. The predicted octanol–water partition coefficient (Wildman–Crippen LogP) is -5.52. The van der Waals surface area contributed by atoms with Gasteiger partial charge in [-0.3, -0.25) is 0 Å². The molecule has 4 heteroatoms. The topological polar surface area (TPSA) is 0 Å². The molecule has 0 aliphatic carbocycles. The fraction of sp³-hybridized carbons (Fsp3) is 1.00. The molecule has 0 unspecified atom stereocenters. The predicted molar refractivity (Wildman–Crippen MR) is 29.1 cm³/mol. The Morgan fingerprint density at radius 2 is 1.14 bits per heavy atom. The molecule has 0 rings (SSSR count). The fourth-order valence-corrected chi connectivity index (χ4v) is 0.530. The fourth-order valence-electron chi connectivity index (χ4n) is 0.0589. The van der Waals surface area contributed by atoms with Gasteiger partial charge in [-0.05, 0) is 0 Å². The molecule has 0 saturated heterocycles. The summed E-state index contributed by atoms with van der Waals surface area (Å²) in [5, 5.41) is 0. The van der Waals surface area contributed by atoms with Crippen molar-refractivity contribution in [3.05, 3.63) is 0 Å². The average Bonchev–Trinajstić information content (AvgIpc) is 1.41. The molecule has 32 valence electrons. The van der Waals surface area contributed by atoms with Crippen molar-refractivity contribution in [3.63, 3.8) is 0 Å². The van der Waals surface area contributed by atoms with Gasteiger partial charge in [-0.2, -0.15) is 11.5 Å². The summed E-state index contributed by atoms with van der Waals surface area (Å²) in [4.78, 5) is 0. The van der Waals surface area contributed by atoms with E-state index in [0.29, 0.717) is 0 Å². The molecule has 0 atom stereocenters. The summed E-state index contributed by atoms with van der Waals surface area (Å²) >= 11 is 9.17. The third-order valence-electron chi connectivity index (χ3n) is 0.289. The second-order valence-corrected chi connectivity index (χ2v) is 1.58. The molecule has 0 radical (unpaired) electrons. The van der Waals surface area contributed by atoms with Gasteiger partial charge in [0.1, 0.15) is 0 Å². The number of rotatable bonds is 2. The Hall–Kier alpha value is 2.70. The van der Waals surface area contributed by atoms with E-state index in [0.717, 1.165) is 17.9 Å². The van der Waals surface area contributed by atoms with Crippen LogP contribution >= 0.6 is 0 Å². The Bertz CT molecular complexity index is 18.4. The van der Waals surface area contributed by atoms with Crippen LogP contribution < -0.4 is 59.1 Å². The van der Waals surface area contributed by atoms with E-state index >= 15 is 0 Å². The maximum atomic E-state index is 4.58. The van der Waals surface area contributed by atoms with Crippen molar-refractivity contribution in [2.75, 3.05) is 11.5 Å². The van der Waals surface area contributed by atoms with E-state index in [2.05, 4.69) is 25.3 Å². The van der Waals surface area contributed by atoms with E-state index in [4.69, 9.17) is 0 Å². The standard InChI is InChI=1S/C3H8S2.2Na/c4-2-1-3-5;;/h4-5H,1-3H2;;/q;2*+1/p-2. The van der Waals surface area contributed by atoms with Gasteiger partial charge in [0.2, 0.25) is 0 Å². The zero-order chi connectivity index (χ0) is 4.12. The van der Waals surface area contributed by atoms with Crippen molar-refractivity contribution in [1.82, 2.24) is 0 Å². The summed E-state index contributed by atoms with van der Waals surface area (Å²) in [7, 11) is 0. The second kappa shape index (κ2) is 15.9. The molecular formula is C3H6Na2S2. The molecule has 0 amide bonds. The SMILES string of the molecule is [Na+].[Na+].[S-]CCC[S-]. The van der Waals surface area contributed by atoms with Crippen molar-refractivity contribution >= 4 is 25.3 Å². The quantitative estimate of drug-likeness (QED) is 0.286. The Kier molecular flexibility index (Phi) is 37.1. The van der Waals surface area contributed by atoms with Gasteiger partial charge in [0.25, 0.3) is 0 Å². The zero-order valence-electron chi connectivity index (χ0n) is 4.94. The molecule has 7 heavy (non-hydrogen) atoms. The van der Waals surface area contributed by atoms with Crippen LogP contribution in [0.3, 0.4) is 0 Å². The first-order chi connectivity index (χ1) is 2.41. The van der Waals surface area contributed by atoms with E-state index in [-0.39, 0.29) is 59.1 Å². The normalized spacial score (nSPS) is 6.00. The molecule has 0 aliphatic rings. The van der Waals surface area contributed by atoms with Gasteiger partial charge >= 0.3 is 59.1 Å². The van der Waals surface area contributed by atoms with Crippen LogP contribution in [0.4, 0.5) is 0 Å². The Morgan fingerprint density at radius 1 is 0.857 bits per heavy atom. The van der Waals surface area contributed by atoms with E-state index in [1.54, 1.807) is 0 Å². The van der Waals surface area contributed by atoms with E-state index in [1.807, 2.05) is 0 Å². The molecular weight excluding hydrogens is 146 g/mol. The molecule has 0 heterocycles. The van der Waals surface area contributed by atoms with Gasteiger partial charge in [0.15, 0.2) is 0 Å². The van der Waals surface area contributed by atoms with E-state index < -0.39 is 0 Å². The van der Waals surface area contributed by atoms with Gasteiger partial charge in [0.05, 0.1) is 0 Å². The Labute approximate surface area is 101 Å². The summed E-state index contributed by atoms with van der Waals surface area (Å²) in [6.07, 6.45) is 1.02. The summed E-state index contributed by atoms with van der Waals surface area (Å²) in [5.74, 6) is 1.65. The monoisotopic (exact) mass is 152 g/mol. The average molecular weight is 152 g/mol. The molecule has 0 aliphatic heterocycles. The van der Waals surface area contributed by atoms with E-state index in [1.165, 1.54) is 0 Å². The first kappa shape index (κ1) is 16.4. The molecule has 0 nitrogen and oxygen atoms in total. The molecule has 0 aromatic rings. The van der Waals surface area contributed by atoms with Crippen molar-refractivity contribution in [1.29, 1.82) is 0 Å². The number of hydrogen-bond acceptors (Lipinski definition) is 2. The van der Waals surface area contributed by atoms with Crippen LogP contribution in [-0.4, -0.2) is 11.5 Å². The van der Waals surface area contributed by atoms with Crippen molar-refractivity contribution in [2.24, 2.45) is 0 Å². The van der Waals surface area contributed by atoms with Crippen molar-refractivity contribution in [3.8, 4) is 0 Å². The maximum absolute atomic E-state index is 4.58. The van der Waals surface area contributed by atoms with Gasteiger partial charge < -0.3 is 25.3 Å². The van der Waals surface area contributed by atoms with Gasteiger partial charge in [-0.15, -0.1) is 0 Å². The van der Waals surface area contributed by atoms with Gasteiger partial charge in [-0.25, -0.2) is 0 Å². The van der Waals surface area contributed by atoms with Crippen LogP contribution in [0.1, 0.15) is 6.42 Å². The third kappa shape index (κ3) is 17.7. The van der Waals surface area contributed by atoms with Crippen molar-refractivity contribution in [2.45, 2.75) is 6.42 Å². The third-order valence-corrected chi connectivity index (χ3v) is 0.866.